The highest BCUT2D eigenvalue weighted by Crippen LogP contribution is 2.33. The molecule has 1 saturated carbocycles. The molecule has 0 bridgehead atoms. The molecule has 0 unspecified atom stereocenters. The second-order valence-electron chi connectivity index (χ2n) is 7.00. The van der Waals surface area contributed by atoms with Gasteiger partial charge in [-0.05, 0) is 37.0 Å². The van der Waals surface area contributed by atoms with E-state index < -0.39 is 9.84 Å². The van der Waals surface area contributed by atoms with Crippen LogP contribution in [-0.2, 0) is 19.4 Å². The van der Waals surface area contributed by atoms with Gasteiger partial charge in [-0.25, -0.2) is 8.42 Å². The molecule has 26 heavy (non-hydrogen) atoms. The van der Waals surface area contributed by atoms with Crippen LogP contribution in [0.1, 0.15) is 39.0 Å². The molecule has 1 fully saturated rings. The smallest absolute Gasteiger partial charge is 0.234 e. The molecule has 6 nitrogen and oxygen atoms in total. The fourth-order valence-electron chi connectivity index (χ4n) is 3.41. The minimum absolute atomic E-state index is 0.0518. The zero-order valence-electron chi connectivity index (χ0n) is 14.8. The number of amides is 2. The van der Waals surface area contributed by atoms with Gasteiger partial charge in [-0.15, -0.1) is 11.8 Å². The summed E-state index contributed by atoms with van der Waals surface area (Å²) in [5, 5.41) is 5.68. The first kappa shape index (κ1) is 19.2. The first-order valence-electron chi connectivity index (χ1n) is 8.94. The lowest BCUT2D eigenvalue weighted by Gasteiger charge is -2.29. The lowest BCUT2D eigenvalue weighted by Crippen LogP contribution is -2.41. The van der Waals surface area contributed by atoms with Gasteiger partial charge in [0, 0.05) is 17.4 Å². The molecule has 1 aromatic rings. The third-order valence-electron chi connectivity index (χ3n) is 5.00. The summed E-state index contributed by atoms with van der Waals surface area (Å²) in [6, 6.07) is 4.88. The monoisotopic (exact) mass is 396 g/mol. The molecule has 8 heteroatoms. The minimum Gasteiger partial charge on any atom is -0.353 e. The lowest BCUT2D eigenvalue weighted by molar-refractivity contribution is -0.122. The van der Waals surface area contributed by atoms with Crippen LogP contribution < -0.4 is 10.6 Å². The average Bonchev–Trinajstić information content (AvgIpc) is 2.61. The van der Waals surface area contributed by atoms with E-state index in [2.05, 4.69) is 17.6 Å². The van der Waals surface area contributed by atoms with Gasteiger partial charge >= 0.3 is 0 Å². The summed E-state index contributed by atoms with van der Waals surface area (Å²) in [6.07, 6.45) is 4.30. The van der Waals surface area contributed by atoms with Crippen LogP contribution in [0.2, 0.25) is 0 Å². The van der Waals surface area contributed by atoms with Crippen LogP contribution in [0, 0.1) is 5.92 Å². The van der Waals surface area contributed by atoms with Gasteiger partial charge in [0.2, 0.25) is 11.8 Å². The number of carbonyl (C=O) groups is 2. The van der Waals surface area contributed by atoms with Gasteiger partial charge in [0.1, 0.15) is 0 Å². The summed E-state index contributed by atoms with van der Waals surface area (Å²) in [6.45, 7) is 2.13. The Morgan fingerprint density at radius 1 is 1.31 bits per heavy atom. The van der Waals surface area contributed by atoms with E-state index in [9.17, 15) is 18.0 Å². The molecule has 142 valence electrons. The highest BCUT2D eigenvalue weighted by Gasteiger charge is 2.25. The number of carbonyl (C=O) groups excluding carboxylic acids is 2. The average molecular weight is 397 g/mol. The summed E-state index contributed by atoms with van der Waals surface area (Å²) >= 11 is 1.38. The molecule has 0 aromatic heterocycles. The maximum atomic E-state index is 12.6. The Labute approximate surface area is 158 Å². The Hall–Kier alpha value is -1.54. The van der Waals surface area contributed by atoms with Crippen molar-refractivity contribution < 1.29 is 18.0 Å². The fourth-order valence-corrected chi connectivity index (χ4v) is 5.46. The molecule has 1 aliphatic heterocycles. The molecule has 0 spiro atoms. The normalized spacial score (nSPS) is 23.0. The fraction of sp³-hybridized carbons (Fsp3) is 0.556. The second-order valence-corrected chi connectivity index (χ2v) is 10.1. The van der Waals surface area contributed by atoms with Gasteiger partial charge in [0.25, 0.3) is 0 Å². The number of nitrogens with one attached hydrogen (secondary N) is 2. The van der Waals surface area contributed by atoms with E-state index in [0.717, 1.165) is 24.2 Å². The Balaban J connectivity index is 1.61. The van der Waals surface area contributed by atoms with Crippen molar-refractivity contribution in [2.75, 3.05) is 16.8 Å². The maximum absolute atomic E-state index is 12.6. The van der Waals surface area contributed by atoms with Crippen LogP contribution in [0.25, 0.3) is 0 Å². The number of thioether (sulfide) groups is 1. The highest BCUT2D eigenvalue weighted by atomic mass is 32.2. The molecule has 3 rings (SSSR count). The van der Waals surface area contributed by atoms with E-state index in [-0.39, 0.29) is 34.9 Å². The van der Waals surface area contributed by atoms with Crippen molar-refractivity contribution in [1.29, 1.82) is 0 Å². The standard InChI is InChI=1S/C18H24N2O4S2/c1-12-4-2-3-5-14(12)19-17(21)8-9-26(23,24)13-6-7-16-15(10-13)20-18(22)11-25-16/h6-7,10,12,14H,2-5,8-9,11H2,1H3,(H,19,21)(H,20,22)/t12-,14+/m0/s1. The van der Waals surface area contributed by atoms with Crippen LogP contribution >= 0.6 is 11.8 Å². The number of anilines is 1. The van der Waals surface area contributed by atoms with E-state index in [1.54, 1.807) is 12.1 Å². The largest absolute Gasteiger partial charge is 0.353 e. The topological polar surface area (TPSA) is 92.3 Å². The van der Waals surface area contributed by atoms with Crippen LogP contribution in [0.15, 0.2) is 28.0 Å². The molecule has 0 saturated heterocycles. The summed E-state index contributed by atoms with van der Waals surface area (Å²) < 4.78 is 25.1. The van der Waals surface area contributed by atoms with Crippen molar-refractivity contribution in [3.63, 3.8) is 0 Å². The molecule has 2 atom stereocenters. The first-order chi connectivity index (χ1) is 12.3. The summed E-state index contributed by atoms with van der Waals surface area (Å²) in [4.78, 5) is 24.6. The third kappa shape index (κ3) is 4.59. The summed E-state index contributed by atoms with van der Waals surface area (Å²) in [5.74, 6) is 0.178. The number of rotatable bonds is 5. The van der Waals surface area contributed by atoms with Crippen LogP contribution in [0.4, 0.5) is 5.69 Å². The van der Waals surface area contributed by atoms with Gasteiger partial charge < -0.3 is 10.6 Å². The molecular weight excluding hydrogens is 372 g/mol. The van der Waals surface area contributed by atoms with E-state index >= 15 is 0 Å². The molecule has 1 heterocycles. The summed E-state index contributed by atoms with van der Waals surface area (Å²) in [7, 11) is -3.58. The summed E-state index contributed by atoms with van der Waals surface area (Å²) in [5.41, 5.74) is 0.521. The molecule has 2 amide bonds. The molecule has 0 radical (unpaired) electrons. The third-order valence-corrected chi connectivity index (χ3v) is 7.79. The van der Waals surface area contributed by atoms with Gasteiger partial charge in [-0.2, -0.15) is 0 Å². The van der Waals surface area contributed by atoms with Crippen LogP contribution in [0.5, 0.6) is 0 Å². The highest BCUT2D eigenvalue weighted by molar-refractivity contribution is 8.00. The molecular formula is C18H24N2O4S2. The number of fused-ring (bicyclic) bond motifs is 1. The van der Waals surface area contributed by atoms with Gasteiger partial charge in [-0.3, -0.25) is 9.59 Å². The molecule has 1 aliphatic carbocycles. The number of benzene rings is 1. The number of hydrogen-bond donors (Lipinski definition) is 2. The van der Waals surface area contributed by atoms with Gasteiger partial charge in [0.15, 0.2) is 9.84 Å². The van der Waals surface area contributed by atoms with Crippen molar-refractivity contribution >= 4 is 39.1 Å². The Morgan fingerprint density at radius 3 is 2.85 bits per heavy atom. The van der Waals surface area contributed by atoms with E-state index in [1.165, 1.54) is 24.2 Å². The Morgan fingerprint density at radius 2 is 2.08 bits per heavy atom. The zero-order valence-corrected chi connectivity index (χ0v) is 16.4. The molecule has 1 aromatic carbocycles. The Bertz CT molecular complexity index is 807. The van der Waals surface area contributed by atoms with Gasteiger partial charge in [-0.1, -0.05) is 19.8 Å². The van der Waals surface area contributed by atoms with Crippen molar-refractivity contribution in [3.05, 3.63) is 18.2 Å². The zero-order chi connectivity index (χ0) is 18.7. The second kappa shape index (κ2) is 8.00. The minimum atomic E-state index is -3.58. The van der Waals surface area contributed by atoms with Crippen molar-refractivity contribution in [2.45, 2.75) is 54.9 Å². The number of hydrogen-bond acceptors (Lipinski definition) is 5. The SMILES string of the molecule is C[C@H]1CCCC[C@H]1NC(=O)CCS(=O)(=O)c1ccc2c(c1)NC(=O)CS2. The first-order valence-corrected chi connectivity index (χ1v) is 11.6. The van der Waals surface area contributed by atoms with Crippen molar-refractivity contribution in [1.82, 2.24) is 5.32 Å². The Kier molecular flexibility index (Phi) is 5.92. The predicted octanol–water partition coefficient (Wildman–Crippen LogP) is 2.59. The van der Waals surface area contributed by atoms with E-state index in [0.29, 0.717) is 17.4 Å². The van der Waals surface area contributed by atoms with Crippen molar-refractivity contribution in [2.24, 2.45) is 5.92 Å². The van der Waals surface area contributed by atoms with Crippen LogP contribution in [-0.4, -0.2) is 37.8 Å². The molecule has 2 aliphatic rings. The van der Waals surface area contributed by atoms with Crippen molar-refractivity contribution in [3.8, 4) is 0 Å². The lowest BCUT2D eigenvalue weighted by atomic mass is 9.86. The van der Waals surface area contributed by atoms with E-state index in [1.807, 2.05) is 0 Å². The van der Waals surface area contributed by atoms with E-state index in [4.69, 9.17) is 0 Å². The quantitative estimate of drug-likeness (QED) is 0.798. The van der Waals surface area contributed by atoms with Crippen LogP contribution in [0.3, 0.4) is 0 Å². The predicted molar refractivity (Wildman–Crippen MR) is 102 cm³/mol. The number of sulfone groups is 1. The molecule has 2 N–H and O–H groups in total. The van der Waals surface area contributed by atoms with Gasteiger partial charge in [0.05, 0.1) is 22.1 Å². The maximum Gasteiger partial charge on any atom is 0.234 e.